The topological polar surface area (TPSA) is 13.1 Å². The number of benzene rings is 1. The minimum absolute atomic E-state index is 0.983. The van der Waals surface area contributed by atoms with E-state index < -0.39 is 8.07 Å². The van der Waals surface area contributed by atoms with Gasteiger partial charge in [0.2, 0.25) is 0 Å². The van der Waals surface area contributed by atoms with E-state index in [1.54, 1.807) is 0 Å². The third-order valence-corrected chi connectivity index (χ3v) is 4.47. The molecule has 0 saturated heterocycles. The number of rotatable bonds is 3. The van der Waals surface area contributed by atoms with Crippen molar-refractivity contribution in [3.05, 3.63) is 53.8 Å². The van der Waals surface area contributed by atoms with Gasteiger partial charge in [0.1, 0.15) is 8.07 Å². The van der Waals surface area contributed by atoms with Crippen molar-refractivity contribution in [2.24, 2.45) is 0 Å². The van der Waals surface area contributed by atoms with Crippen LogP contribution in [0.3, 0.4) is 0 Å². The first kappa shape index (κ1) is 11.2. The number of hydrogen-bond donors (Lipinski definition) is 0. The maximum atomic E-state index is 5.66. The Labute approximate surface area is 98.1 Å². The molecule has 1 aromatic carbocycles. The van der Waals surface area contributed by atoms with Crippen LogP contribution in [-0.4, -0.2) is 8.07 Å². The SMILES string of the molecule is C[Si](C)(C)c1occc1Cc1ccccc1. The first-order valence-corrected chi connectivity index (χ1v) is 9.18. The zero-order valence-corrected chi connectivity index (χ0v) is 11.2. The van der Waals surface area contributed by atoms with Gasteiger partial charge in [-0.3, -0.25) is 0 Å². The van der Waals surface area contributed by atoms with Crippen LogP contribution in [0.4, 0.5) is 0 Å². The smallest absolute Gasteiger partial charge is 0.123 e. The molecule has 16 heavy (non-hydrogen) atoms. The number of furan rings is 1. The lowest BCUT2D eigenvalue weighted by Gasteiger charge is -2.14. The molecule has 0 aliphatic rings. The Morgan fingerprint density at radius 2 is 1.69 bits per heavy atom. The highest BCUT2D eigenvalue weighted by molar-refractivity contribution is 6.88. The summed E-state index contributed by atoms with van der Waals surface area (Å²) in [6.07, 6.45) is 2.81. The van der Waals surface area contributed by atoms with Gasteiger partial charge in [-0.2, -0.15) is 0 Å². The van der Waals surface area contributed by atoms with Crippen molar-refractivity contribution in [3.8, 4) is 0 Å². The molecule has 84 valence electrons. The van der Waals surface area contributed by atoms with E-state index >= 15 is 0 Å². The Morgan fingerprint density at radius 1 is 1.00 bits per heavy atom. The zero-order chi connectivity index (χ0) is 11.6. The predicted octanol–water partition coefficient (Wildman–Crippen LogP) is 3.42. The summed E-state index contributed by atoms with van der Waals surface area (Å²) in [7, 11) is -1.35. The molecule has 0 spiro atoms. The van der Waals surface area contributed by atoms with Gasteiger partial charge in [0.05, 0.1) is 11.6 Å². The van der Waals surface area contributed by atoms with Crippen LogP contribution in [0.5, 0.6) is 0 Å². The molecule has 0 saturated carbocycles. The Bertz CT molecular complexity index is 451. The molecule has 1 aromatic heterocycles. The molecular weight excluding hydrogens is 212 g/mol. The van der Waals surface area contributed by atoms with Crippen molar-refractivity contribution in [1.82, 2.24) is 0 Å². The summed E-state index contributed by atoms with van der Waals surface area (Å²) in [4.78, 5) is 0. The zero-order valence-electron chi connectivity index (χ0n) is 10.2. The quantitative estimate of drug-likeness (QED) is 0.736. The molecule has 0 radical (unpaired) electrons. The van der Waals surface area contributed by atoms with Crippen LogP contribution >= 0.6 is 0 Å². The molecule has 1 nitrogen and oxygen atoms in total. The normalized spacial score (nSPS) is 11.7. The fourth-order valence-corrected chi connectivity index (χ4v) is 3.51. The standard InChI is InChI=1S/C14H18OSi/c1-16(2,3)14-13(9-10-15-14)11-12-7-5-4-6-8-12/h4-10H,11H2,1-3H3. The van der Waals surface area contributed by atoms with Crippen molar-refractivity contribution >= 4 is 13.5 Å². The summed E-state index contributed by atoms with van der Waals surface area (Å²) in [5, 5.41) is 1.23. The largest absolute Gasteiger partial charge is 0.474 e. The summed E-state index contributed by atoms with van der Waals surface area (Å²) >= 11 is 0. The molecule has 0 fully saturated rings. The fourth-order valence-electron chi connectivity index (χ4n) is 1.95. The van der Waals surface area contributed by atoms with Gasteiger partial charge in [0.15, 0.2) is 0 Å². The van der Waals surface area contributed by atoms with Crippen molar-refractivity contribution in [2.45, 2.75) is 26.1 Å². The summed E-state index contributed by atoms with van der Waals surface area (Å²) in [5.74, 6) is 0. The Morgan fingerprint density at radius 3 is 2.31 bits per heavy atom. The maximum Gasteiger partial charge on any atom is 0.123 e. The minimum Gasteiger partial charge on any atom is -0.474 e. The van der Waals surface area contributed by atoms with Crippen LogP contribution in [0.2, 0.25) is 19.6 Å². The fraction of sp³-hybridized carbons (Fsp3) is 0.286. The minimum atomic E-state index is -1.35. The van der Waals surface area contributed by atoms with Crippen molar-refractivity contribution < 1.29 is 4.42 Å². The molecular formula is C14H18OSi. The van der Waals surface area contributed by atoms with Gasteiger partial charge < -0.3 is 4.42 Å². The van der Waals surface area contributed by atoms with Crippen LogP contribution in [0, 0.1) is 0 Å². The van der Waals surface area contributed by atoms with E-state index in [1.165, 1.54) is 16.5 Å². The van der Waals surface area contributed by atoms with Crippen LogP contribution in [0.1, 0.15) is 11.1 Å². The third-order valence-electron chi connectivity index (χ3n) is 2.67. The van der Waals surface area contributed by atoms with E-state index in [0.717, 1.165) is 6.42 Å². The average molecular weight is 230 g/mol. The highest BCUT2D eigenvalue weighted by atomic mass is 28.3. The highest BCUT2D eigenvalue weighted by Crippen LogP contribution is 2.13. The maximum absolute atomic E-state index is 5.66. The van der Waals surface area contributed by atoms with Crippen LogP contribution in [0.15, 0.2) is 47.1 Å². The Balaban J connectivity index is 2.26. The molecule has 2 rings (SSSR count). The van der Waals surface area contributed by atoms with E-state index in [2.05, 4.69) is 56.0 Å². The molecule has 0 aliphatic heterocycles. The van der Waals surface area contributed by atoms with E-state index in [0.29, 0.717) is 0 Å². The Hall–Kier alpha value is -1.28. The van der Waals surface area contributed by atoms with E-state index in [9.17, 15) is 0 Å². The lowest BCUT2D eigenvalue weighted by atomic mass is 10.1. The number of hydrogen-bond acceptors (Lipinski definition) is 1. The molecule has 0 unspecified atom stereocenters. The van der Waals surface area contributed by atoms with E-state index in [1.807, 2.05) is 6.26 Å². The van der Waals surface area contributed by atoms with Gasteiger partial charge in [-0.25, -0.2) is 0 Å². The van der Waals surface area contributed by atoms with E-state index in [4.69, 9.17) is 4.42 Å². The molecule has 0 aliphatic carbocycles. The van der Waals surface area contributed by atoms with Gasteiger partial charge in [0, 0.05) is 6.42 Å². The average Bonchev–Trinajstić information content (AvgIpc) is 2.67. The van der Waals surface area contributed by atoms with Crippen LogP contribution in [0.25, 0.3) is 0 Å². The van der Waals surface area contributed by atoms with Gasteiger partial charge >= 0.3 is 0 Å². The molecule has 2 heteroatoms. The highest BCUT2D eigenvalue weighted by Gasteiger charge is 2.23. The molecule has 0 atom stereocenters. The second kappa shape index (κ2) is 4.30. The van der Waals surface area contributed by atoms with Crippen molar-refractivity contribution in [1.29, 1.82) is 0 Å². The van der Waals surface area contributed by atoms with Crippen molar-refractivity contribution in [3.63, 3.8) is 0 Å². The summed E-state index contributed by atoms with van der Waals surface area (Å²) in [5.41, 5.74) is 2.70. The third kappa shape index (κ3) is 2.45. The first-order chi connectivity index (χ1) is 7.57. The van der Waals surface area contributed by atoms with Crippen LogP contribution < -0.4 is 5.38 Å². The monoisotopic (exact) mass is 230 g/mol. The van der Waals surface area contributed by atoms with Crippen LogP contribution in [-0.2, 0) is 6.42 Å². The molecule has 2 aromatic rings. The molecule has 0 amide bonds. The first-order valence-electron chi connectivity index (χ1n) is 5.68. The molecule has 0 N–H and O–H groups in total. The van der Waals surface area contributed by atoms with Crippen molar-refractivity contribution in [2.75, 3.05) is 0 Å². The molecule has 1 heterocycles. The predicted molar refractivity (Wildman–Crippen MR) is 70.9 cm³/mol. The van der Waals surface area contributed by atoms with Gasteiger partial charge in [-0.15, -0.1) is 0 Å². The molecule has 0 bridgehead atoms. The summed E-state index contributed by atoms with van der Waals surface area (Å²) < 4.78 is 5.66. The summed E-state index contributed by atoms with van der Waals surface area (Å²) in [6.45, 7) is 6.96. The van der Waals surface area contributed by atoms with Gasteiger partial charge in [-0.1, -0.05) is 50.0 Å². The Kier molecular flexibility index (Phi) is 3.01. The van der Waals surface area contributed by atoms with E-state index in [-0.39, 0.29) is 0 Å². The van der Waals surface area contributed by atoms with Gasteiger partial charge in [-0.05, 0) is 17.2 Å². The van der Waals surface area contributed by atoms with Gasteiger partial charge in [0.25, 0.3) is 0 Å². The lowest BCUT2D eigenvalue weighted by molar-refractivity contribution is 0.595. The summed E-state index contributed by atoms with van der Waals surface area (Å²) in [6, 6.07) is 12.7. The second-order valence-corrected chi connectivity index (χ2v) is 10.1. The second-order valence-electron chi connectivity index (χ2n) is 5.19. The lowest BCUT2D eigenvalue weighted by Crippen LogP contribution is -2.38.